The Morgan fingerprint density at radius 2 is 1.96 bits per heavy atom. The minimum absolute atomic E-state index is 0.0487. The first-order valence-corrected chi connectivity index (χ1v) is 9.18. The number of fused-ring (bicyclic) bond motifs is 1. The normalized spacial score (nSPS) is 16.5. The highest BCUT2D eigenvalue weighted by molar-refractivity contribution is 5.99. The molecular formula is C21H25NO6. The van der Waals surface area contributed by atoms with Crippen LogP contribution in [0.25, 0.3) is 0 Å². The number of esters is 1. The molecule has 2 aromatic rings. The minimum Gasteiger partial charge on any atom is -0.485 e. The van der Waals surface area contributed by atoms with Gasteiger partial charge in [-0.05, 0) is 39.0 Å². The molecule has 150 valence electrons. The molecule has 7 nitrogen and oxygen atoms in total. The molecule has 28 heavy (non-hydrogen) atoms. The van der Waals surface area contributed by atoms with Crippen molar-refractivity contribution in [3.63, 3.8) is 0 Å². The van der Waals surface area contributed by atoms with E-state index in [0.29, 0.717) is 23.7 Å². The SMILES string of the molecule is COC[C@@H](C)n1c(C)cc(C(=O)COC(=O)[C@@H]2COc3ccccc3O2)c1C. The molecule has 0 unspecified atom stereocenters. The van der Waals surface area contributed by atoms with Gasteiger partial charge in [0.15, 0.2) is 18.1 Å². The van der Waals surface area contributed by atoms with Gasteiger partial charge in [0.2, 0.25) is 11.9 Å². The summed E-state index contributed by atoms with van der Waals surface area (Å²) in [5, 5.41) is 0. The van der Waals surface area contributed by atoms with E-state index in [1.54, 1.807) is 25.3 Å². The lowest BCUT2D eigenvalue weighted by molar-refractivity contribution is -0.153. The van der Waals surface area contributed by atoms with E-state index in [1.165, 1.54) is 0 Å². The number of nitrogens with zero attached hydrogens (tertiary/aromatic N) is 1. The zero-order valence-electron chi connectivity index (χ0n) is 16.6. The van der Waals surface area contributed by atoms with Crippen molar-refractivity contribution in [2.24, 2.45) is 0 Å². The lowest BCUT2D eigenvalue weighted by atomic mass is 10.1. The van der Waals surface area contributed by atoms with Crippen molar-refractivity contribution in [1.82, 2.24) is 4.57 Å². The highest BCUT2D eigenvalue weighted by Crippen LogP contribution is 2.31. The Morgan fingerprint density at radius 3 is 2.68 bits per heavy atom. The maximum Gasteiger partial charge on any atom is 0.351 e. The van der Waals surface area contributed by atoms with Crippen LogP contribution < -0.4 is 9.47 Å². The Balaban J connectivity index is 1.62. The Hall–Kier alpha value is -2.80. The maximum absolute atomic E-state index is 12.6. The van der Waals surface area contributed by atoms with Crippen LogP contribution in [0.2, 0.25) is 0 Å². The molecule has 1 aliphatic rings. The predicted octanol–water partition coefficient (Wildman–Crippen LogP) is 2.88. The lowest BCUT2D eigenvalue weighted by Gasteiger charge is -2.24. The number of rotatable bonds is 7. The maximum atomic E-state index is 12.6. The summed E-state index contributed by atoms with van der Waals surface area (Å²) in [5.41, 5.74) is 2.33. The summed E-state index contributed by atoms with van der Waals surface area (Å²) in [5.74, 6) is 0.191. The van der Waals surface area contributed by atoms with Gasteiger partial charge >= 0.3 is 5.97 Å². The molecule has 3 rings (SSSR count). The quantitative estimate of drug-likeness (QED) is 0.537. The van der Waals surface area contributed by atoms with Gasteiger partial charge in [-0.15, -0.1) is 0 Å². The molecular weight excluding hydrogens is 362 g/mol. The van der Waals surface area contributed by atoms with Crippen LogP contribution in [0.5, 0.6) is 11.5 Å². The van der Waals surface area contributed by atoms with Crippen molar-refractivity contribution < 1.29 is 28.5 Å². The average Bonchev–Trinajstić information content (AvgIpc) is 2.99. The molecule has 0 N–H and O–H groups in total. The third-order valence-electron chi connectivity index (χ3n) is 4.75. The molecule has 0 bridgehead atoms. The number of benzene rings is 1. The number of hydrogen-bond acceptors (Lipinski definition) is 6. The van der Waals surface area contributed by atoms with Crippen LogP contribution in [0.3, 0.4) is 0 Å². The molecule has 0 aliphatic carbocycles. The number of aryl methyl sites for hydroxylation is 1. The summed E-state index contributed by atoms with van der Waals surface area (Å²) in [6.07, 6.45) is -0.892. The van der Waals surface area contributed by atoms with Gasteiger partial charge in [-0.25, -0.2) is 4.79 Å². The van der Waals surface area contributed by atoms with Crippen molar-refractivity contribution in [2.75, 3.05) is 26.9 Å². The molecule has 0 saturated heterocycles. The van der Waals surface area contributed by atoms with Crippen LogP contribution in [0.1, 0.15) is 34.7 Å². The van der Waals surface area contributed by atoms with Crippen molar-refractivity contribution >= 4 is 11.8 Å². The van der Waals surface area contributed by atoms with E-state index in [2.05, 4.69) is 0 Å². The molecule has 0 fully saturated rings. The predicted molar refractivity (Wildman–Crippen MR) is 102 cm³/mol. The topological polar surface area (TPSA) is 76.0 Å². The largest absolute Gasteiger partial charge is 0.485 e. The van der Waals surface area contributed by atoms with Crippen molar-refractivity contribution in [1.29, 1.82) is 0 Å². The number of ketones is 1. The van der Waals surface area contributed by atoms with Gasteiger partial charge in [0, 0.05) is 24.1 Å². The standard InChI is InChI=1S/C21H25NO6/c1-13-9-16(15(3)22(13)14(2)10-25-4)17(23)11-27-21(24)20-12-26-18-7-5-6-8-19(18)28-20/h5-9,14,20H,10-12H2,1-4H3/t14-,20+/m1/s1. The molecule has 1 aromatic carbocycles. The summed E-state index contributed by atoms with van der Waals surface area (Å²) in [6.45, 7) is 6.09. The Morgan fingerprint density at radius 1 is 1.25 bits per heavy atom. The fraction of sp³-hybridized carbons (Fsp3) is 0.429. The first-order valence-electron chi connectivity index (χ1n) is 9.18. The highest BCUT2D eigenvalue weighted by Gasteiger charge is 2.29. The first kappa shape index (κ1) is 19.9. The fourth-order valence-electron chi connectivity index (χ4n) is 3.50. The van der Waals surface area contributed by atoms with E-state index in [1.807, 2.05) is 37.5 Å². The van der Waals surface area contributed by atoms with E-state index < -0.39 is 12.1 Å². The van der Waals surface area contributed by atoms with E-state index in [-0.39, 0.29) is 25.0 Å². The second-order valence-electron chi connectivity index (χ2n) is 6.85. The average molecular weight is 387 g/mol. The first-order chi connectivity index (χ1) is 13.4. The summed E-state index contributed by atoms with van der Waals surface area (Å²) < 4.78 is 23.6. The molecule has 7 heteroatoms. The molecule has 0 spiro atoms. The van der Waals surface area contributed by atoms with Gasteiger partial charge in [0.1, 0.15) is 6.61 Å². The second-order valence-corrected chi connectivity index (χ2v) is 6.85. The molecule has 0 saturated carbocycles. The third-order valence-corrected chi connectivity index (χ3v) is 4.75. The molecule has 1 aliphatic heterocycles. The summed E-state index contributed by atoms with van der Waals surface area (Å²) in [4.78, 5) is 24.9. The summed E-state index contributed by atoms with van der Waals surface area (Å²) in [6, 6.07) is 9.01. The van der Waals surface area contributed by atoms with Gasteiger partial charge in [-0.2, -0.15) is 0 Å². The summed E-state index contributed by atoms with van der Waals surface area (Å²) >= 11 is 0. The number of carbonyl (C=O) groups excluding carboxylic acids is 2. The number of Topliss-reactive ketones (excluding diaryl/α,β-unsaturated/α-hetero) is 1. The van der Waals surface area contributed by atoms with Crippen LogP contribution in [0.4, 0.5) is 0 Å². The van der Waals surface area contributed by atoms with Crippen LogP contribution in [-0.2, 0) is 14.3 Å². The molecule has 2 atom stereocenters. The minimum atomic E-state index is -0.892. The Kier molecular flexibility index (Phi) is 6.04. The van der Waals surface area contributed by atoms with Crippen molar-refractivity contribution in [3.05, 3.63) is 47.3 Å². The number of ether oxygens (including phenoxy) is 4. The number of para-hydroxylation sites is 2. The van der Waals surface area contributed by atoms with Gasteiger partial charge in [-0.3, -0.25) is 4.79 Å². The number of hydrogen-bond donors (Lipinski definition) is 0. The zero-order valence-corrected chi connectivity index (χ0v) is 16.6. The third kappa shape index (κ3) is 4.04. The molecule has 1 aromatic heterocycles. The van der Waals surface area contributed by atoms with Gasteiger partial charge in [-0.1, -0.05) is 12.1 Å². The molecule has 0 amide bonds. The van der Waals surface area contributed by atoms with Crippen molar-refractivity contribution in [2.45, 2.75) is 32.9 Å². The summed E-state index contributed by atoms with van der Waals surface area (Å²) in [7, 11) is 1.64. The van der Waals surface area contributed by atoms with E-state index in [4.69, 9.17) is 18.9 Å². The van der Waals surface area contributed by atoms with Gasteiger partial charge in [0.05, 0.1) is 12.6 Å². The zero-order chi connectivity index (χ0) is 20.3. The number of aromatic nitrogens is 1. The van der Waals surface area contributed by atoms with E-state index >= 15 is 0 Å². The van der Waals surface area contributed by atoms with Gasteiger partial charge in [0.25, 0.3) is 0 Å². The van der Waals surface area contributed by atoms with E-state index in [0.717, 1.165) is 11.4 Å². The van der Waals surface area contributed by atoms with Crippen molar-refractivity contribution in [3.8, 4) is 11.5 Å². The van der Waals surface area contributed by atoms with Crippen LogP contribution in [-0.4, -0.2) is 49.4 Å². The van der Waals surface area contributed by atoms with Crippen LogP contribution in [0.15, 0.2) is 30.3 Å². The monoisotopic (exact) mass is 387 g/mol. The highest BCUT2D eigenvalue weighted by atomic mass is 16.6. The second kappa shape index (κ2) is 8.48. The van der Waals surface area contributed by atoms with Crippen LogP contribution in [0, 0.1) is 13.8 Å². The van der Waals surface area contributed by atoms with Crippen LogP contribution >= 0.6 is 0 Å². The van der Waals surface area contributed by atoms with Gasteiger partial charge < -0.3 is 23.5 Å². The molecule has 0 radical (unpaired) electrons. The molecule has 2 heterocycles. The smallest absolute Gasteiger partial charge is 0.351 e. The Labute approximate surface area is 164 Å². The van der Waals surface area contributed by atoms with E-state index in [9.17, 15) is 9.59 Å². The number of methoxy groups -OCH3 is 1. The fourth-order valence-corrected chi connectivity index (χ4v) is 3.50. The Bertz CT molecular complexity index is 872. The lowest BCUT2D eigenvalue weighted by Crippen LogP contribution is -2.38. The number of carbonyl (C=O) groups is 2.